The van der Waals surface area contributed by atoms with Gasteiger partial charge in [0.15, 0.2) is 0 Å². The highest BCUT2D eigenvalue weighted by molar-refractivity contribution is 5.89. The molecule has 1 N–H and O–H groups in total. The van der Waals surface area contributed by atoms with E-state index in [0.717, 1.165) is 26.2 Å². The van der Waals surface area contributed by atoms with Crippen LogP contribution in [0.2, 0.25) is 0 Å². The van der Waals surface area contributed by atoms with Crippen LogP contribution in [0.1, 0.15) is 35.7 Å². The van der Waals surface area contributed by atoms with Crippen LogP contribution in [0, 0.1) is 0 Å². The molecule has 0 bridgehead atoms. The molecule has 110 valence electrons. The lowest BCUT2D eigenvalue weighted by Crippen LogP contribution is -2.45. The van der Waals surface area contributed by atoms with Gasteiger partial charge in [0.05, 0.1) is 12.7 Å². The van der Waals surface area contributed by atoms with Gasteiger partial charge in [-0.2, -0.15) is 0 Å². The molecule has 2 rings (SSSR count). The Labute approximate surface area is 121 Å². The number of hydrogen-bond donors (Lipinski definition) is 1. The van der Waals surface area contributed by atoms with Crippen molar-refractivity contribution in [2.24, 2.45) is 0 Å². The van der Waals surface area contributed by atoms with Gasteiger partial charge in [-0.1, -0.05) is 19.1 Å². The predicted molar refractivity (Wildman–Crippen MR) is 79.8 cm³/mol. The molecule has 1 fully saturated rings. The second-order valence-corrected chi connectivity index (χ2v) is 5.26. The molecule has 0 saturated carbocycles. The highest BCUT2D eigenvalue weighted by Gasteiger charge is 2.19. The molecular formula is C16H24N2O2. The van der Waals surface area contributed by atoms with Crippen LogP contribution in [-0.2, 0) is 11.3 Å². The molecule has 0 aliphatic carbocycles. The van der Waals surface area contributed by atoms with Crippen molar-refractivity contribution < 1.29 is 9.53 Å². The third kappa shape index (κ3) is 3.81. The van der Waals surface area contributed by atoms with Crippen molar-refractivity contribution in [3.05, 3.63) is 35.4 Å². The molecule has 0 spiro atoms. The molecule has 4 heteroatoms. The Morgan fingerprint density at radius 2 is 2.35 bits per heavy atom. The molecule has 1 unspecified atom stereocenters. The first-order valence-corrected chi connectivity index (χ1v) is 7.36. The molecule has 1 heterocycles. The van der Waals surface area contributed by atoms with Gasteiger partial charge in [-0.05, 0) is 43.6 Å². The third-order valence-electron chi connectivity index (χ3n) is 3.93. The lowest BCUT2D eigenvalue weighted by molar-refractivity contribution is 0.0600. The van der Waals surface area contributed by atoms with E-state index in [-0.39, 0.29) is 5.97 Å². The van der Waals surface area contributed by atoms with Crippen molar-refractivity contribution in [1.82, 2.24) is 10.2 Å². The number of carbonyl (C=O) groups is 1. The van der Waals surface area contributed by atoms with E-state index in [0.29, 0.717) is 11.6 Å². The van der Waals surface area contributed by atoms with Gasteiger partial charge < -0.3 is 10.1 Å². The summed E-state index contributed by atoms with van der Waals surface area (Å²) in [6.45, 7) is 6.29. The third-order valence-corrected chi connectivity index (χ3v) is 3.93. The summed E-state index contributed by atoms with van der Waals surface area (Å²) in [6.07, 6.45) is 2.49. The molecule has 0 amide bonds. The van der Waals surface area contributed by atoms with Crippen molar-refractivity contribution in [1.29, 1.82) is 0 Å². The number of benzene rings is 1. The molecule has 4 nitrogen and oxygen atoms in total. The maximum Gasteiger partial charge on any atom is 0.337 e. The molecule has 0 aromatic heterocycles. The fourth-order valence-electron chi connectivity index (χ4n) is 2.79. The molecule has 1 aromatic rings. The van der Waals surface area contributed by atoms with Crippen molar-refractivity contribution >= 4 is 5.97 Å². The van der Waals surface area contributed by atoms with Gasteiger partial charge in [0, 0.05) is 19.1 Å². The molecule has 1 aliphatic heterocycles. The summed E-state index contributed by atoms with van der Waals surface area (Å²) in [5.74, 6) is -0.269. The van der Waals surface area contributed by atoms with Gasteiger partial charge in [0.1, 0.15) is 0 Å². The number of hydrogen-bond acceptors (Lipinski definition) is 4. The van der Waals surface area contributed by atoms with Gasteiger partial charge in [0.2, 0.25) is 0 Å². The van der Waals surface area contributed by atoms with E-state index < -0.39 is 0 Å². The summed E-state index contributed by atoms with van der Waals surface area (Å²) in [5.41, 5.74) is 1.79. The zero-order valence-electron chi connectivity index (χ0n) is 12.4. The Bertz CT molecular complexity index is 442. The number of likely N-dealkylation sites (N-methyl/N-ethyl adjacent to an activating group) is 1. The van der Waals surface area contributed by atoms with E-state index in [1.807, 2.05) is 12.1 Å². The number of ether oxygens (including phenoxy) is 1. The molecule has 1 aromatic carbocycles. The number of methoxy groups -OCH3 is 1. The summed E-state index contributed by atoms with van der Waals surface area (Å²) < 4.78 is 4.78. The van der Waals surface area contributed by atoms with Gasteiger partial charge in [-0.25, -0.2) is 4.79 Å². The van der Waals surface area contributed by atoms with E-state index in [4.69, 9.17) is 4.74 Å². The largest absolute Gasteiger partial charge is 0.465 e. The maximum absolute atomic E-state index is 11.6. The average molecular weight is 276 g/mol. The van der Waals surface area contributed by atoms with Crippen molar-refractivity contribution in [3.8, 4) is 0 Å². The molecule has 1 saturated heterocycles. The SMILES string of the molecule is CCN(Cc1cccc(C(=O)OC)c1)C1CCCNC1. The highest BCUT2D eigenvalue weighted by Crippen LogP contribution is 2.15. The van der Waals surface area contributed by atoms with Crippen LogP contribution >= 0.6 is 0 Å². The smallest absolute Gasteiger partial charge is 0.337 e. The standard InChI is InChI=1S/C16H24N2O2/c1-3-18(15-8-5-9-17-11-15)12-13-6-4-7-14(10-13)16(19)20-2/h4,6-7,10,15,17H,3,5,8-9,11-12H2,1-2H3. The average Bonchev–Trinajstić information content (AvgIpc) is 2.53. The molecular weight excluding hydrogens is 252 g/mol. The molecule has 1 aliphatic rings. The van der Waals surface area contributed by atoms with Gasteiger partial charge in [-0.15, -0.1) is 0 Å². The van der Waals surface area contributed by atoms with Gasteiger partial charge in [0.25, 0.3) is 0 Å². The summed E-state index contributed by atoms with van der Waals surface area (Å²) >= 11 is 0. The van der Waals surface area contributed by atoms with Crippen LogP contribution in [0.3, 0.4) is 0 Å². The van der Waals surface area contributed by atoms with Crippen molar-refractivity contribution in [2.45, 2.75) is 32.4 Å². The van der Waals surface area contributed by atoms with Crippen LogP contribution in [0.15, 0.2) is 24.3 Å². The number of nitrogens with zero attached hydrogens (tertiary/aromatic N) is 1. The molecule has 1 atom stereocenters. The first kappa shape index (κ1) is 15.0. The van der Waals surface area contributed by atoms with Gasteiger partial charge >= 0.3 is 5.97 Å². The van der Waals surface area contributed by atoms with Crippen molar-refractivity contribution in [2.75, 3.05) is 26.7 Å². The molecule has 20 heavy (non-hydrogen) atoms. The highest BCUT2D eigenvalue weighted by atomic mass is 16.5. The van der Waals surface area contributed by atoms with E-state index in [9.17, 15) is 4.79 Å². The number of nitrogens with one attached hydrogen (secondary N) is 1. The first-order chi connectivity index (χ1) is 9.74. The van der Waals surface area contributed by atoms with Crippen LogP contribution in [0.5, 0.6) is 0 Å². The van der Waals surface area contributed by atoms with Crippen LogP contribution in [0.25, 0.3) is 0 Å². The lowest BCUT2D eigenvalue weighted by Gasteiger charge is -2.34. The van der Waals surface area contributed by atoms with Gasteiger partial charge in [-0.3, -0.25) is 4.90 Å². The Morgan fingerprint density at radius 3 is 3.00 bits per heavy atom. The summed E-state index contributed by atoms with van der Waals surface area (Å²) in [6, 6.07) is 8.33. The quantitative estimate of drug-likeness (QED) is 0.836. The van der Waals surface area contributed by atoms with E-state index >= 15 is 0 Å². The summed E-state index contributed by atoms with van der Waals surface area (Å²) in [5, 5.41) is 3.46. The summed E-state index contributed by atoms with van der Waals surface area (Å²) in [4.78, 5) is 14.1. The van der Waals surface area contributed by atoms with Crippen molar-refractivity contribution in [3.63, 3.8) is 0 Å². The Kier molecular flexibility index (Phi) is 5.56. The normalized spacial score (nSPS) is 19.1. The monoisotopic (exact) mass is 276 g/mol. The maximum atomic E-state index is 11.6. The number of piperidine rings is 1. The lowest BCUT2D eigenvalue weighted by atomic mass is 10.0. The second-order valence-electron chi connectivity index (χ2n) is 5.26. The molecule has 0 radical (unpaired) electrons. The second kappa shape index (κ2) is 7.41. The first-order valence-electron chi connectivity index (χ1n) is 7.36. The number of carbonyl (C=O) groups excluding carboxylic acids is 1. The minimum absolute atomic E-state index is 0.269. The van der Waals surface area contributed by atoms with Crippen LogP contribution < -0.4 is 5.32 Å². The Balaban J connectivity index is 2.05. The van der Waals surface area contributed by atoms with E-state index in [2.05, 4.69) is 23.2 Å². The number of rotatable bonds is 5. The zero-order valence-corrected chi connectivity index (χ0v) is 12.4. The summed E-state index contributed by atoms with van der Waals surface area (Å²) in [7, 11) is 1.42. The Hall–Kier alpha value is -1.39. The minimum Gasteiger partial charge on any atom is -0.465 e. The minimum atomic E-state index is -0.269. The van der Waals surface area contributed by atoms with E-state index in [1.165, 1.54) is 25.5 Å². The fourth-order valence-corrected chi connectivity index (χ4v) is 2.79. The van der Waals surface area contributed by atoms with E-state index in [1.54, 1.807) is 6.07 Å². The predicted octanol–water partition coefficient (Wildman–Crippen LogP) is 2.05. The van der Waals surface area contributed by atoms with Crippen LogP contribution in [-0.4, -0.2) is 43.7 Å². The zero-order chi connectivity index (χ0) is 14.4. The number of esters is 1. The fraction of sp³-hybridized carbons (Fsp3) is 0.562. The van der Waals surface area contributed by atoms with Crippen LogP contribution in [0.4, 0.5) is 0 Å². The Morgan fingerprint density at radius 1 is 1.50 bits per heavy atom. The topological polar surface area (TPSA) is 41.6 Å².